The number of carbonyl (C=O) groups excluding carboxylic acids is 1. The molecule has 0 saturated carbocycles. The molecule has 1 amide bonds. The predicted molar refractivity (Wildman–Crippen MR) is 155 cm³/mol. The van der Waals surface area contributed by atoms with Gasteiger partial charge in [0.25, 0.3) is 5.91 Å². The Morgan fingerprint density at radius 1 is 0.842 bits per heavy atom. The Hall–Kier alpha value is -3.99. The zero-order valence-electron chi connectivity index (χ0n) is 20.6. The summed E-state index contributed by atoms with van der Waals surface area (Å²) in [4.78, 5) is 18.7. The summed E-state index contributed by atoms with van der Waals surface area (Å²) in [5.74, 6) is -0.179. The highest BCUT2D eigenvalue weighted by atomic mass is 35.5. The maximum absolute atomic E-state index is 13.8. The van der Waals surface area contributed by atoms with E-state index < -0.39 is 0 Å². The van der Waals surface area contributed by atoms with E-state index in [2.05, 4.69) is 12.1 Å². The molecule has 1 atom stereocenters. The first-order valence-corrected chi connectivity index (χ1v) is 13.1. The second-order valence-corrected chi connectivity index (χ2v) is 10.1. The molecule has 6 rings (SSSR count). The molecule has 1 aliphatic rings. The fraction of sp³-hybridized carbons (Fsp3) is 0.0938. The molecule has 0 N–H and O–H groups in total. The monoisotopic (exact) mass is 535 g/mol. The third kappa shape index (κ3) is 4.36. The van der Waals surface area contributed by atoms with Crippen molar-refractivity contribution in [3.63, 3.8) is 0 Å². The molecule has 1 aliphatic heterocycles. The van der Waals surface area contributed by atoms with Gasteiger partial charge in [-0.3, -0.25) is 9.78 Å². The van der Waals surface area contributed by atoms with E-state index in [1.165, 1.54) is 0 Å². The average Bonchev–Trinajstić information content (AvgIpc) is 3.38. The molecule has 0 fully saturated rings. The molecule has 0 spiro atoms. The quantitative estimate of drug-likeness (QED) is 0.231. The molecule has 0 bridgehead atoms. The number of nitrogens with zero attached hydrogens (tertiary/aromatic N) is 3. The topological polar surface area (TPSA) is 45.6 Å². The Morgan fingerprint density at radius 2 is 1.53 bits per heavy atom. The molecular weight excluding hydrogens is 513 g/mol. The van der Waals surface area contributed by atoms with E-state index in [4.69, 9.17) is 33.3 Å². The minimum absolute atomic E-state index is 0.179. The van der Waals surface area contributed by atoms with Crippen molar-refractivity contribution in [1.29, 1.82) is 0 Å². The summed E-state index contributed by atoms with van der Waals surface area (Å²) in [5.41, 5.74) is 6.84. The Bertz CT molecular complexity index is 1700. The number of rotatable bonds is 4. The van der Waals surface area contributed by atoms with Crippen LogP contribution in [0.15, 0.2) is 108 Å². The highest BCUT2D eigenvalue weighted by Gasteiger charge is 2.36. The molecular formula is C32H23Cl2N3O. The number of aryl methyl sites for hydroxylation is 1. The first-order valence-electron chi connectivity index (χ1n) is 12.4. The van der Waals surface area contributed by atoms with E-state index in [-0.39, 0.29) is 11.9 Å². The van der Waals surface area contributed by atoms with Gasteiger partial charge in [-0.25, -0.2) is 5.01 Å². The standard InChI is InChI=1S/C32H23Cl2N3O/c1-20-30(31(21-10-4-2-5-11-21)25-18-23(33)16-17-27(25)35-20)28-19-29(24-14-8-9-15-26(24)34)37(36-28)32(38)22-12-6-3-7-13-22/h2-18,29H,19H2,1H3. The number of hydrogen-bond donors (Lipinski definition) is 0. The van der Waals surface area contributed by atoms with Gasteiger partial charge in [0.15, 0.2) is 0 Å². The largest absolute Gasteiger partial charge is 0.274 e. The van der Waals surface area contributed by atoms with Gasteiger partial charge >= 0.3 is 0 Å². The number of carbonyl (C=O) groups is 1. The third-order valence-corrected chi connectivity index (χ3v) is 7.46. The van der Waals surface area contributed by atoms with Crippen molar-refractivity contribution in [3.8, 4) is 11.1 Å². The Balaban J connectivity index is 1.58. The smallest absolute Gasteiger partial charge is 0.267 e. The molecule has 1 unspecified atom stereocenters. The van der Waals surface area contributed by atoms with Crippen LogP contribution >= 0.6 is 23.2 Å². The number of pyridine rings is 1. The third-order valence-electron chi connectivity index (χ3n) is 6.88. The van der Waals surface area contributed by atoms with Crippen LogP contribution in [0.25, 0.3) is 22.0 Å². The Kier molecular flexibility index (Phi) is 6.44. The van der Waals surface area contributed by atoms with Gasteiger partial charge in [0.2, 0.25) is 0 Å². The van der Waals surface area contributed by atoms with Gasteiger partial charge in [0.05, 0.1) is 17.3 Å². The summed E-state index contributed by atoms with van der Waals surface area (Å²) < 4.78 is 0. The molecule has 4 nitrogen and oxygen atoms in total. The van der Waals surface area contributed by atoms with Gasteiger partial charge < -0.3 is 0 Å². The van der Waals surface area contributed by atoms with Crippen molar-refractivity contribution < 1.29 is 4.79 Å². The number of amides is 1. The highest BCUT2D eigenvalue weighted by Crippen LogP contribution is 2.41. The summed E-state index contributed by atoms with van der Waals surface area (Å²) in [6.07, 6.45) is 0.497. The van der Waals surface area contributed by atoms with Gasteiger partial charge in [-0.1, -0.05) is 89.9 Å². The van der Waals surface area contributed by atoms with E-state index in [1.807, 2.05) is 85.8 Å². The first kappa shape index (κ1) is 24.4. The summed E-state index contributed by atoms with van der Waals surface area (Å²) >= 11 is 13.1. The first-order chi connectivity index (χ1) is 18.5. The van der Waals surface area contributed by atoms with Gasteiger partial charge in [-0.05, 0) is 54.4 Å². The van der Waals surface area contributed by atoms with Crippen LogP contribution in [-0.4, -0.2) is 21.6 Å². The van der Waals surface area contributed by atoms with Gasteiger partial charge in [0, 0.05) is 44.2 Å². The number of aromatic nitrogens is 1. The van der Waals surface area contributed by atoms with Crippen molar-refractivity contribution in [2.45, 2.75) is 19.4 Å². The van der Waals surface area contributed by atoms with Crippen molar-refractivity contribution in [1.82, 2.24) is 9.99 Å². The van der Waals surface area contributed by atoms with Crippen LogP contribution < -0.4 is 0 Å². The fourth-order valence-corrected chi connectivity index (χ4v) is 5.60. The SMILES string of the molecule is Cc1nc2ccc(Cl)cc2c(-c2ccccc2)c1C1=NN(C(=O)c2ccccc2)C(c2ccccc2Cl)C1. The number of benzene rings is 4. The minimum atomic E-state index is -0.357. The van der Waals surface area contributed by atoms with Crippen molar-refractivity contribution in [3.05, 3.63) is 136 Å². The minimum Gasteiger partial charge on any atom is -0.267 e. The number of halogens is 2. The number of hydrogen-bond acceptors (Lipinski definition) is 3. The van der Waals surface area contributed by atoms with Crippen LogP contribution in [0.2, 0.25) is 10.0 Å². The Labute approximate surface area is 231 Å². The van der Waals surface area contributed by atoms with Crippen molar-refractivity contribution in [2.75, 3.05) is 0 Å². The summed E-state index contributed by atoms with van der Waals surface area (Å²) in [6.45, 7) is 1.99. The zero-order valence-corrected chi connectivity index (χ0v) is 22.1. The Morgan fingerprint density at radius 3 is 2.26 bits per heavy atom. The normalized spacial score (nSPS) is 15.1. The van der Waals surface area contributed by atoms with Gasteiger partial charge in [-0.15, -0.1) is 0 Å². The van der Waals surface area contributed by atoms with E-state index >= 15 is 0 Å². The van der Waals surface area contributed by atoms with Crippen LogP contribution in [0, 0.1) is 6.92 Å². The molecule has 186 valence electrons. The van der Waals surface area contributed by atoms with E-state index in [0.29, 0.717) is 22.0 Å². The van der Waals surface area contributed by atoms with Gasteiger partial charge in [-0.2, -0.15) is 5.10 Å². The van der Waals surface area contributed by atoms with Crippen molar-refractivity contribution >= 4 is 45.7 Å². The lowest BCUT2D eigenvalue weighted by Gasteiger charge is -2.23. The maximum Gasteiger partial charge on any atom is 0.274 e. The van der Waals surface area contributed by atoms with Crippen molar-refractivity contribution in [2.24, 2.45) is 5.10 Å². The molecule has 1 aromatic heterocycles. The number of hydrazone groups is 1. The van der Waals surface area contributed by atoms with E-state index in [9.17, 15) is 4.79 Å². The summed E-state index contributed by atoms with van der Waals surface area (Å²) in [7, 11) is 0. The molecule has 6 heteroatoms. The molecule has 5 aromatic rings. The lowest BCUT2D eigenvalue weighted by atomic mass is 9.89. The molecule has 4 aromatic carbocycles. The number of fused-ring (bicyclic) bond motifs is 1. The zero-order chi connectivity index (χ0) is 26.2. The van der Waals surface area contributed by atoms with E-state index in [0.717, 1.165) is 44.6 Å². The van der Waals surface area contributed by atoms with E-state index in [1.54, 1.807) is 17.1 Å². The predicted octanol–water partition coefficient (Wildman–Crippen LogP) is 8.51. The van der Waals surface area contributed by atoms with Crippen LogP contribution in [0.5, 0.6) is 0 Å². The fourth-order valence-electron chi connectivity index (χ4n) is 5.17. The second kappa shape index (κ2) is 10.1. The van der Waals surface area contributed by atoms with Crippen LogP contribution in [-0.2, 0) is 0 Å². The molecule has 0 aliphatic carbocycles. The summed E-state index contributed by atoms with van der Waals surface area (Å²) in [5, 5.41) is 8.72. The lowest BCUT2D eigenvalue weighted by molar-refractivity contribution is 0.0711. The van der Waals surface area contributed by atoms with Gasteiger partial charge in [0.1, 0.15) is 0 Å². The van der Waals surface area contributed by atoms with Crippen LogP contribution in [0.1, 0.15) is 39.6 Å². The summed E-state index contributed by atoms with van der Waals surface area (Å²) in [6, 6.07) is 32.4. The molecule has 38 heavy (non-hydrogen) atoms. The average molecular weight is 536 g/mol. The lowest BCUT2D eigenvalue weighted by Crippen LogP contribution is -2.27. The van der Waals surface area contributed by atoms with Crippen LogP contribution in [0.4, 0.5) is 0 Å². The molecule has 0 saturated heterocycles. The highest BCUT2D eigenvalue weighted by molar-refractivity contribution is 6.32. The van der Waals surface area contributed by atoms with Crippen LogP contribution in [0.3, 0.4) is 0 Å². The molecule has 2 heterocycles. The second-order valence-electron chi connectivity index (χ2n) is 9.28. The maximum atomic E-state index is 13.8. The molecule has 0 radical (unpaired) electrons.